The molecule has 4 rings (SSSR count). The molecule has 0 unspecified atom stereocenters. The first-order valence-electron chi connectivity index (χ1n) is 10.1. The van der Waals surface area contributed by atoms with Gasteiger partial charge in [-0.3, -0.25) is 0 Å². The normalized spacial score (nSPS) is 11.1. The van der Waals surface area contributed by atoms with Crippen molar-refractivity contribution in [2.45, 2.75) is 20.8 Å². The summed E-state index contributed by atoms with van der Waals surface area (Å²) in [6.45, 7) is 6.05. The van der Waals surface area contributed by atoms with Crippen LogP contribution < -0.4 is 4.90 Å². The molecule has 0 amide bonds. The summed E-state index contributed by atoms with van der Waals surface area (Å²) in [5.41, 5.74) is 5.01. The minimum Gasteiger partial charge on any atom is -0.461 e. The first-order valence-corrected chi connectivity index (χ1v) is 10.5. The lowest BCUT2D eigenvalue weighted by Gasteiger charge is -2.24. The van der Waals surface area contributed by atoms with Gasteiger partial charge in [-0.1, -0.05) is 29.8 Å². The predicted octanol–water partition coefficient (Wildman–Crippen LogP) is 5.75. The van der Waals surface area contributed by atoms with Crippen molar-refractivity contribution >= 4 is 34.7 Å². The van der Waals surface area contributed by atoms with Gasteiger partial charge in [0, 0.05) is 30.4 Å². The summed E-state index contributed by atoms with van der Waals surface area (Å²) >= 11 is 6.01. The summed E-state index contributed by atoms with van der Waals surface area (Å²) in [5, 5.41) is 4.46. The van der Waals surface area contributed by atoms with Gasteiger partial charge in [0.05, 0.1) is 17.3 Å². The molecule has 6 nitrogen and oxygen atoms in total. The maximum atomic E-state index is 13.7. The van der Waals surface area contributed by atoms with E-state index in [0.29, 0.717) is 22.7 Å². The van der Waals surface area contributed by atoms with Gasteiger partial charge in [-0.15, -0.1) is 0 Å². The smallest absolute Gasteiger partial charge is 0.358 e. The van der Waals surface area contributed by atoms with Crippen molar-refractivity contribution in [3.63, 3.8) is 0 Å². The lowest BCUT2D eigenvalue weighted by atomic mass is 10.1. The monoisotopic (exact) mass is 452 g/mol. The molecule has 164 valence electrons. The standard InChI is InChI=1S/C24H22ClFN4O2/c1-5-32-24(31)20-12-21-27-19(16-9-10-18(26)17(25)11-16)13-22(30(21)28-20)29(4)23-14(2)7-6-8-15(23)3/h6-13H,5H2,1-4H3. The van der Waals surface area contributed by atoms with Crippen LogP contribution in [0.5, 0.6) is 0 Å². The Bertz CT molecular complexity index is 1320. The number of para-hydroxylation sites is 1. The highest BCUT2D eigenvalue weighted by Crippen LogP contribution is 2.33. The van der Waals surface area contributed by atoms with Crippen LogP contribution in [0.3, 0.4) is 0 Å². The Morgan fingerprint density at radius 1 is 1.16 bits per heavy atom. The number of hydrogen-bond donors (Lipinski definition) is 0. The average Bonchev–Trinajstić information content (AvgIpc) is 3.19. The number of aryl methyl sites for hydroxylation is 2. The van der Waals surface area contributed by atoms with E-state index in [2.05, 4.69) is 10.1 Å². The Kier molecular flexibility index (Phi) is 5.84. The van der Waals surface area contributed by atoms with Crippen molar-refractivity contribution in [1.29, 1.82) is 0 Å². The van der Waals surface area contributed by atoms with Crippen LogP contribution in [0.15, 0.2) is 48.5 Å². The molecule has 0 saturated heterocycles. The van der Waals surface area contributed by atoms with Crippen molar-refractivity contribution in [3.05, 3.63) is 76.2 Å². The first-order chi connectivity index (χ1) is 15.3. The summed E-state index contributed by atoms with van der Waals surface area (Å²) in [6, 6.07) is 13.9. The number of ether oxygens (including phenoxy) is 1. The molecule has 0 fully saturated rings. The maximum absolute atomic E-state index is 13.7. The van der Waals surface area contributed by atoms with E-state index in [4.69, 9.17) is 16.3 Å². The van der Waals surface area contributed by atoms with Crippen LogP contribution in [0.2, 0.25) is 5.02 Å². The van der Waals surface area contributed by atoms with Crippen LogP contribution in [0, 0.1) is 19.7 Å². The van der Waals surface area contributed by atoms with Crippen molar-refractivity contribution in [1.82, 2.24) is 14.6 Å². The van der Waals surface area contributed by atoms with E-state index >= 15 is 0 Å². The molecule has 0 N–H and O–H groups in total. The van der Waals surface area contributed by atoms with Crippen LogP contribution in [-0.4, -0.2) is 34.2 Å². The van der Waals surface area contributed by atoms with Gasteiger partial charge in [-0.05, 0) is 50.1 Å². The number of fused-ring (bicyclic) bond motifs is 1. The van der Waals surface area contributed by atoms with Gasteiger partial charge in [0.15, 0.2) is 11.3 Å². The number of aromatic nitrogens is 3. The summed E-state index contributed by atoms with van der Waals surface area (Å²) in [6.07, 6.45) is 0. The second-order valence-electron chi connectivity index (χ2n) is 7.45. The van der Waals surface area contributed by atoms with Gasteiger partial charge < -0.3 is 9.64 Å². The molecule has 0 atom stereocenters. The first kappa shape index (κ1) is 21.8. The molecule has 0 spiro atoms. The van der Waals surface area contributed by atoms with E-state index in [0.717, 1.165) is 16.8 Å². The number of esters is 1. The highest BCUT2D eigenvalue weighted by molar-refractivity contribution is 6.31. The molecule has 8 heteroatoms. The van der Waals surface area contributed by atoms with Gasteiger partial charge in [-0.2, -0.15) is 9.61 Å². The number of nitrogens with zero attached hydrogens (tertiary/aromatic N) is 4. The molecule has 0 aliphatic heterocycles. The van der Waals surface area contributed by atoms with Crippen molar-refractivity contribution in [2.24, 2.45) is 0 Å². The Morgan fingerprint density at radius 2 is 1.88 bits per heavy atom. The fraction of sp³-hybridized carbons (Fsp3) is 0.208. The van der Waals surface area contributed by atoms with Crippen LogP contribution in [-0.2, 0) is 4.74 Å². The molecule has 0 saturated carbocycles. The lowest BCUT2D eigenvalue weighted by molar-refractivity contribution is 0.0519. The molecule has 0 aliphatic rings. The summed E-state index contributed by atoms with van der Waals surface area (Å²) in [5.74, 6) is -0.346. The molecule has 32 heavy (non-hydrogen) atoms. The average molecular weight is 453 g/mol. The van der Waals surface area contributed by atoms with Crippen LogP contribution in [0.4, 0.5) is 15.9 Å². The SMILES string of the molecule is CCOC(=O)c1cc2nc(-c3ccc(F)c(Cl)c3)cc(N(C)c3c(C)cccc3C)n2n1. The molecular weight excluding hydrogens is 431 g/mol. The zero-order valence-corrected chi connectivity index (χ0v) is 18.9. The van der Waals surface area contributed by atoms with Gasteiger partial charge in [-0.25, -0.2) is 14.2 Å². The highest BCUT2D eigenvalue weighted by Gasteiger charge is 2.20. The van der Waals surface area contributed by atoms with Crippen LogP contribution in [0.25, 0.3) is 16.9 Å². The summed E-state index contributed by atoms with van der Waals surface area (Å²) in [7, 11) is 1.93. The van der Waals surface area contributed by atoms with E-state index in [1.807, 2.05) is 50.1 Å². The summed E-state index contributed by atoms with van der Waals surface area (Å²) in [4.78, 5) is 19.0. The molecule has 2 aromatic heterocycles. The fourth-order valence-corrected chi connectivity index (χ4v) is 3.94. The van der Waals surface area contributed by atoms with E-state index < -0.39 is 11.8 Å². The minimum atomic E-state index is -0.523. The van der Waals surface area contributed by atoms with E-state index in [9.17, 15) is 9.18 Å². The molecule has 4 aromatic rings. The Morgan fingerprint density at radius 3 is 2.53 bits per heavy atom. The third-order valence-corrected chi connectivity index (χ3v) is 5.52. The molecule has 2 heterocycles. The van der Waals surface area contributed by atoms with Crippen molar-refractivity contribution in [3.8, 4) is 11.3 Å². The number of anilines is 2. The molecular formula is C24H22ClFN4O2. The van der Waals surface area contributed by atoms with Gasteiger partial charge >= 0.3 is 5.97 Å². The van der Waals surface area contributed by atoms with Crippen LogP contribution >= 0.6 is 11.6 Å². The predicted molar refractivity (Wildman–Crippen MR) is 123 cm³/mol. The van der Waals surface area contributed by atoms with Gasteiger partial charge in [0.25, 0.3) is 0 Å². The zero-order chi connectivity index (χ0) is 23.0. The number of benzene rings is 2. The number of carbonyl (C=O) groups is 1. The van der Waals surface area contributed by atoms with E-state index in [-0.39, 0.29) is 17.3 Å². The summed E-state index contributed by atoms with van der Waals surface area (Å²) < 4.78 is 20.4. The lowest BCUT2D eigenvalue weighted by Crippen LogP contribution is -2.17. The highest BCUT2D eigenvalue weighted by atomic mass is 35.5. The van der Waals surface area contributed by atoms with E-state index in [1.165, 1.54) is 12.1 Å². The third kappa shape index (κ3) is 3.91. The number of carbonyl (C=O) groups excluding carboxylic acids is 1. The van der Waals surface area contributed by atoms with Crippen LogP contribution in [0.1, 0.15) is 28.5 Å². The fourth-order valence-electron chi connectivity index (χ4n) is 3.75. The maximum Gasteiger partial charge on any atom is 0.358 e. The zero-order valence-electron chi connectivity index (χ0n) is 18.2. The third-order valence-electron chi connectivity index (χ3n) is 5.23. The molecule has 0 aliphatic carbocycles. The Labute approximate surface area is 190 Å². The molecule has 0 bridgehead atoms. The van der Waals surface area contributed by atoms with Crippen molar-refractivity contribution < 1.29 is 13.9 Å². The molecule has 2 aromatic carbocycles. The minimum absolute atomic E-state index is 0.00884. The second kappa shape index (κ2) is 8.59. The number of halogens is 2. The number of rotatable bonds is 5. The van der Waals surface area contributed by atoms with Crippen molar-refractivity contribution in [2.75, 3.05) is 18.6 Å². The number of hydrogen-bond acceptors (Lipinski definition) is 5. The van der Waals surface area contributed by atoms with E-state index in [1.54, 1.807) is 23.6 Å². The Hall–Kier alpha value is -3.45. The molecule has 0 radical (unpaired) electrons. The van der Waals surface area contributed by atoms with Gasteiger partial charge in [0.1, 0.15) is 11.6 Å². The largest absolute Gasteiger partial charge is 0.461 e. The second-order valence-corrected chi connectivity index (χ2v) is 7.86. The topological polar surface area (TPSA) is 59.7 Å². The quantitative estimate of drug-likeness (QED) is 0.361. The Balaban J connectivity index is 1.95. The van der Waals surface area contributed by atoms with Gasteiger partial charge in [0.2, 0.25) is 0 Å².